The molecule has 0 unspecified atom stereocenters. The molecule has 2 radical (unpaired) electrons. The summed E-state index contributed by atoms with van der Waals surface area (Å²) in [5, 5.41) is 9.09. The Morgan fingerprint density at radius 1 is 1.17 bits per heavy atom. The van der Waals surface area contributed by atoms with Crippen LogP contribution in [-0.2, 0) is 6.42 Å². The minimum atomic E-state index is -0.133. The molecular weight excluding hydrogens is 480 g/mol. The Balaban J connectivity index is 1.57. The lowest BCUT2D eigenvalue weighted by atomic mass is 9.84. The molecular formula is C27H28BCl2N3O2. The van der Waals surface area contributed by atoms with Gasteiger partial charge in [-0.3, -0.25) is 4.79 Å². The summed E-state index contributed by atoms with van der Waals surface area (Å²) in [4.78, 5) is 13.5. The third-order valence-corrected chi connectivity index (χ3v) is 7.73. The van der Waals surface area contributed by atoms with Gasteiger partial charge in [0.05, 0.1) is 16.4 Å². The lowest BCUT2D eigenvalue weighted by Crippen LogP contribution is -2.39. The Labute approximate surface area is 217 Å². The molecule has 1 fully saturated rings. The van der Waals surface area contributed by atoms with Crippen LogP contribution in [0.15, 0.2) is 34.7 Å². The van der Waals surface area contributed by atoms with Gasteiger partial charge < -0.3 is 9.73 Å². The molecule has 180 valence electrons. The molecule has 0 bridgehead atoms. The number of nitrogens with one attached hydrogen (secondary N) is 1. The molecule has 2 aliphatic rings. The molecule has 1 aromatic carbocycles. The molecule has 2 heterocycles. The van der Waals surface area contributed by atoms with Crippen LogP contribution in [-0.4, -0.2) is 29.6 Å². The average molecular weight is 508 g/mol. The molecule has 1 atom stereocenters. The molecule has 0 aliphatic heterocycles. The smallest absolute Gasteiger partial charge is 0.272 e. The van der Waals surface area contributed by atoms with Gasteiger partial charge in [0.25, 0.3) is 5.91 Å². The van der Waals surface area contributed by atoms with E-state index in [-0.39, 0.29) is 11.9 Å². The predicted molar refractivity (Wildman–Crippen MR) is 142 cm³/mol. The number of allylic oxidation sites excluding steroid dienone is 1. The lowest BCUT2D eigenvalue weighted by Gasteiger charge is -2.28. The molecule has 5 rings (SSSR count). The predicted octanol–water partition coefficient (Wildman–Crippen LogP) is 6.14. The first-order chi connectivity index (χ1) is 16.9. The van der Waals surface area contributed by atoms with Crippen LogP contribution >= 0.6 is 23.2 Å². The molecule has 1 saturated carbocycles. The van der Waals surface area contributed by atoms with Gasteiger partial charge in [-0.15, -0.1) is 0 Å². The van der Waals surface area contributed by atoms with Crippen molar-refractivity contribution in [1.29, 1.82) is 0 Å². The Kier molecular flexibility index (Phi) is 7.13. The summed E-state index contributed by atoms with van der Waals surface area (Å²) in [6.45, 7) is 2.11. The largest absolute Gasteiger partial charge is 0.473 e. The van der Waals surface area contributed by atoms with Crippen molar-refractivity contribution >= 4 is 54.3 Å². The third kappa shape index (κ3) is 5.10. The van der Waals surface area contributed by atoms with Crippen molar-refractivity contribution in [3.05, 3.63) is 63.1 Å². The van der Waals surface area contributed by atoms with Crippen LogP contribution in [0, 0.1) is 5.92 Å². The maximum absolute atomic E-state index is 13.5. The van der Waals surface area contributed by atoms with Crippen molar-refractivity contribution in [2.75, 3.05) is 0 Å². The van der Waals surface area contributed by atoms with E-state index in [1.54, 1.807) is 22.9 Å². The van der Waals surface area contributed by atoms with E-state index >= 15 is 0 Å². The van der Waals surface area contributed by atoms with Gasteiger partial charge in [-0.2, -0.15) is 5.10 Å². The number of halogens is 2. The quantitative estimate of drug-likeness (QED) is 0.422. The van der Waals surface area contributed by atoms with E-state index < -0.39 is 0 Å². The van der Waals surface area contributed by atoms with Crippen molar-refractivity contribution < 1.29 is 9.21 Å². The fraction of sp³-hybridized carbons (Fsp3) is 0.407. The second-order valence-corrected chi connectivity index (χ2v) is 10.5. The fourth-order valence-electron chi connectivity index (χ4n) is 5.39. The standard InChI is InChI=1S/C27H28BCl2N3O2/c1-16(17-6-3-2-4-7-17)31-27(34)25-21-9-5-8-18(14-20-11-13-24(28)35-20)26(21)33(32-25)23-12-10-19(29)15-22(23)30/h10-17H,2-9H2,1H3,(H,31,34)/b18-14+/t16-/m1/s1. The number of fused-ring (bicyclic) bond motifs is 1. The first-order valence-corrected chi connectivity index (χ1v) is 13.1. The summed E-state index contributed by atoms with van der Waals surface area (Å²) in [5.74, 6) is 1.04. The summed E-state index contributed by atoms with van der Waals surface area (Å²) in [6, 6.07) is 8.98. The fourth-order valence-corrected chi connectivity index (χ4v) is 5.87. The Morgan fingerprint density at radius 2 is 1.97 bits per heavy atom. The highest BCUT2D eigenvalue weighted by Gasteiger charge is 2.31. The molecule has 1 amide bonds. The number of carbonyl (C=O) groups excluding carboxylic acids is 1. The van der Waals surface area contributed by atoms with Gasteiger partial charge >= 0.3 is 0 Å². The summed E-state index contributed by atoms with van der Waals surface area (Å²) >= 11 is 12.8. The van der Waals surface area contributed by atoms with Crippen LogP contribution in [0.3, 0.4) is 0 Å². The van der Waals surface area contributed by atoms with Crippen LogP contribution in [0.2, 0.25) is 10.0 Å². The molecule has 0 saturated heterocycles. The lowest BCUT2D eigenvalue weighted by molar-refractivity contribution is 0.0912. The van der Waals surface area contributed by atoms with Crippen LogP contribution in [0.25, 0.3) is 17.3 Å². The van der Waals surface area contributed by atoms with E-state index in [2.05, 4.69) is 12.2 Å². The SMILES string of the molecule is [B]c1ccc(/C=C2\CCCc3c(C(=O)N[C@H](C)C4CCCCC4)nn(-c4ccc(Cl)cc4Cl)c32)o1. The normalized spacial score (nSPS) is 18.4. The van der Waals surface area contributed by atoms with E-state index in [0.717, 1.165) is 48.9 Å². The van der Waals surface area contributed by atoms with E-state index in [1.165, 1.54) is 19.3 Å². The highest BCUT2D eigenvalue weighted by atomic mass is 35.5. The van der Waals surface area contributed by atoms with Crippen LogP contribution in [0.4, 0.5) is 0 Å². The van der Waals surface area contributed by atoms with E-state index in [4.69, 9.17) is 40.6 Å². The highest BCUT2D eigenvalue weighted by Crippen LogP contribution is 2.38. The summed E-state index contributed by atoms with van der Waals surface area (Å²) in [7, 11) is 5.79. The summed E-state index contributed by atoms with van der Waals surface area (Å²) in [5.41, 5.74) is 4.33. The molecule has 3 aromatic rings. The van der Waals surface area contributed by atoms with Crippen LogP contribution in [0.1, 0.15) is 79.4 Å². The van der Waals surface area contributed by atoms with Gasteiger partial charge in [0.2, 0.25) is 0 Å². The number of hydrogen-bond acceptors (Lipinski definition) is 3. The number of hydrogen-bond donors (Lipinski definition) is 1. The zero-order valence-electron chi connectivity index (χ0n) is 19.8. The Hall–Kier alpha value is -2.44. The number of rotatable bonds is 5. The van der Waals surface area contributed by atoms with E-state index in [1.807, 2.05) is 18.2 Å². The minimum absolute atomic E-state index is 0.104. The Morgan fingerprint density at radius 3 is 2.69 bits per heavy atom. The van der Waals surface area contributed by atoms with Crippen molar-refractivity contribution in [3.63, 3.8) is 0 Å². The van der Waals surface area contributed by atoms with Crippen molar-refractivity contribution in [1.82, 2.24) is 15.1 Å². The molecule has 35 heavy (non-hydrogen) atoms. The van der Waals surface area contributed by atoms with Gasteiger partial charge in [0, 0.05) is 22.3 Å². The van der Waals surface area contributed by atoms with E-state index in [0.29, 0.717) is 38.8 Å². The maximum Gasteiger partial charge on any atom is 0.272 e. The molecule has 1 N–H and O–H groups in total. The molecule has 2 aliphatic carbocycles. The topological polar surface area (TPSA) is 60.1 Å². The maximum atomic E-state index is 13.5. The highest BCUT2D eigenvalue weighted by molar-refractivity contribution is 6.35. The first-order valence-electron chi connectivity index (χ1n) is 12.3. The van der Waals surface area contributed by atoms with Gasteiger partial charge in [0.15, 0.2) is 13.5 Å². The van der Waals surface area contributed by atoms with Crippen molar-refractivity contribution in [2.24, 2.45) is 5.92 Å². The number of benzene rings is 1. The summed E-state index contributed by atoms with van der Waals surface area (Å²) < 4.78 is 7.39. The minimum Gasteiger partial charge on any atom is -0.473 e. The number of nitrogens with zero attached hydrogens (tertiary/aromatic N) is 2. The molecule has 8 heteroatoms. The molecule has 0 spiro atoms. The van der Waals surface area contributed by atoms with E-state index in [9.17, 15) is 4.79 Å². The van der Waals surface area contributed by atoms with Gasteiger partial charge in [0.1, 0.15) is 5.76 Å². The van der Waals surface area contributed by atoms with Gasteiger partial charge in [-0.25, -0.2) is 4.68 Å². The van der Waals surface area contributed by atoms with Crippen molar-refractivity contribution in [2.45, 2.75) is 64.3 Å². The van der Waals surface area contributed by atoms with Crippen LogP contribution < -0.4 is 11.0 Å². The van der Waals surface area contributed by atoms with Crippen molar-refractivity contribution in [3.8, 4) is 5.69 Å². The summed E-state index contributed by atoms with van der Waals surface area (Å²) in [6.07, 6.45) is 10.5. The van der Waals surface area contributed by atoms with Crippen LogP contribution in [0.5, 0.6) is 0 Å². The second kappa shape index (κ2) is 10.3. The molecule has 5 nitrogen and oxygen atoms in total. The third-order valence-electron chi connectivity index (χ3n) is 7.19. The monoisotopic (exact) mass is 507 g/mol. The zero-order chi connectivity index (χ0) is 24.5. The Bertz CT molecular complexity index is 1270. The average Bonchev–Trinajstić information content (AvgIpc) is 3.43. The van der Waals surface area contributed by atoms with Gasteiger partial charge in [-0.1, -0.05) is 42.5 Å². The molecule has 2 aromatic heterocycles. The number of aromatic nitrogens is 2. The first kappa shape index (κ1) is 24.3. The zero-order valence-corrected chi connectivity index (χ0v) is 21.3. The number of carbonyl (C=O) groups is 1. The number of furan rings is 1. The second-order valence-electron chi connectivity index (χ2n) is 9.61. The number of amides is 1. The van der Waals surface area contributed by atoms with Gasteiger partial charge in [-0.05, 0) is 86.9 Å².